The van der Waals surface area contributed by atoms with Gasteiger partial charge in [0.15, 0.2) is 16.1 Å². The molecule has 0 aliphatic carbocycles. The zero-order chi connectivity index (χ0) is 29.7. The van der Waals surface area contributed by atoms with Gasteiger partial charge in [0, 0.05) is 34.6 Å². The molecular formula is C26H25Cl2N7O4S2. The van der Waals surface area contributed by atoms with Gasteiger partial charge in [-0.15, -0.1) is 21.5 Å². The van der Waals surface area contributed by atoms with Gasteiger partial charge in [-0.2, -0.15) is 0 Å². The number of carbonyl (C=O) groups excluding carboxylic acids is 2. The number of hydrogen-bond acceptors (Lipinski definition) is 9. The van der Waals surface area contributed by atoms with Crippen molar-refractivity contribution in [2.45, 2.75) is 38.5 Å². The number of amides is 2. The fraction of sp³-hybridized carbons (Fsp3) is 0.269. The third-order valence-corrected chi connectivity index (χ3v) is 8.18. The van der Waals surface area contributed by atoms with Crippen molar-refractivity contribution in [2.75, 3.05) is 11.1 Å². The Hall–Kier alpha value is -3.52. The number of non-ortho nitro benzene ring substituents is 1. The van der Waals surface area contributed by atoms with Gasteiger partial charge in [-0.3, -0.25) is 19.7 Å². The maximum absolute atomic E-state index is 13.0. The number of nitrogens with one attached hydrogen (secondary N) is 2. The first-order valence-electron chi connectivity index (χ1n) is 12.4. The van der Waals surface area contributed by atoms with E-state index in [-0.39, 0.29) is 34.2 Å². The number of thiazole rings is 1. The van der Waals surface area contributed by atoms with E-state index in [1.807, 2.05) is 25.3 Å². The predicted octanol–water partition coefficient (Wildman–Crippen LogP) is 6.49. The fourth-order valence-electron chi connectivity index (χ4n) is 3.88. The van der Waals surface area contributed by atoms with Gasteiger partial charge in [0.2, 0.25) is 5.91 Å². The minimum atomic E-state index is -0.469. The van der Waals surface area contributed by atoms with E-state index in [4.69, 9.17) is 23.2 Å². The van der Waals surface area contributed by atoms with E-state index in [9.17, 15) is 19.7 Å². The summed E-state index contributed by atoms with van der Waals surface area (Å²) in [4.78, 5) is 40.7. The van der Waals surface area contributed by atoms with Crippen LogP contribution in [0.1, 0.15) is 43.0 Å². The molecule has 0 saturated carbocycles. The first kappa shape index (κ1) is 30.4. The van der Waals surface area contributed by atoms with Crippen LogP contribution in [0, 0.1) is 16.0 Å². The van der Waals surface area contributed by atoms with Crippen LogP contribution >= 0.6 is 46.3 Å². The topological polar surface area (TPSA) is 145 Å². The first-order valence-corrected chi connectivity index (χ1v) is 15.0. The summed E-state index contributed by atoms with van der Waals surface area (Å²) in [6.45, 7) is 6.36. The Balaban J connectivity index is 1.42. The molecule has 0 saturated heterocycles. The highest BCUT2D eigenvalue weighted by Gasteiger charge is 2.27. The van der Waals surface area contributed by atoms with E-state index in [0.717, 1.165) is 0 Å². The van der Waals surface area contributed by atoms with E-state index in [1.54, 1.807) is 29.6 Å². The number of nitrogens with zero attached hydrogens (tertiary/aromatic N) is 5. The molecular weight excluding hydrogens is 609 g/mol. The monoisotopic (exact) mass is 633 g/mol. The lowest BCUT2D eigenvalue weighted by atomic mass is 10.0. The zero-order valence-electron chi connectivity index (χ0n) is 22.1. The number of anilines is 1. The molecule has 4 aromatic rings. The molecule has 0 spiro atoms. The number of nitro benzene ring substituents is 1. The van der Waals surface area contributed by atoms with Gasteiger partial charge in [0.1, 0.15) is 0 Å². The number of nitro groups is 1. The van der Waals surface area contributed by atoms with Crippen LogP contribution < -0.4 is 10.6 Å². The van der Waals surface area contributed by atoms with Gasteiger partial charge in [-0.25, -0.2) is 4.98 Å². The Kier molecular flexibility index (Phi) is 9.97. The number of aromatic nitrogens is 4. The molecule has 11 nitrogen and oxygen atoms in total. The van der Waals surface area contributed by atoms with Gasteiger partial charge in [0.05, 0.1) is 33.0 Å². The van der Waals surface area contributed by atoms with E-state index in [2.05, 4.69) is 25.8 Å². The molecule has 0 bridgehead atoms. The van der Waals surface area contributed by atoms with Crippen molar-refractivity contribution in [1.82, 2.24) is 25.1 Å². The maximum Gasteiger partial charge on any atom is 0.270 e. The number of halogens is 2. The number of benzene rings is 2. The average Bonchev–Trinajstić information content (AvgIpc) is 3.57. The van der Waals surface area contributed by atoms with Crippen LogP contribution in [-0.4, -0.2) is 42.2 Å². The summed E-state index contributed by atoms with van der Waals surface area (Å²) < 4.78 is 1.86. The Morgan fingerprint density at radius 3 is 2.63 bits per heavy atom. The molecule has 1 unspecified atom stereocenters. The van der Waals surface area contributed by atoms with Gasteiger partial charge >= 0.3 is 0 Å². The quantitative estimate of drug-likeness (QED) is 0.108. The molecule has 2 aromatic carbocycles. The molecule has 41 heavy (non-hydrogen) atoms. The summed E-state index contributed by atoms with van der Waals surface area (Å²) in [6.07, 6.45) is 0. The highest BCUT2D eigenvalue weighted by atomic mass is 35.5. The van der Waals surface area contributed by atoms with Crippen LogP contribution in [0.15, 0.2) is 53.0 Å². The third-order valence-electron chi connectivity index (χ3n) is 5.90. The van der Waals surface area contributed by atoms with Crippen LogP contribution in [0.3, 0.4) is 0 Å². The number of carbonyl (C=O) groups is 2. The zero-order valence-corrected chi connectivity index (χ0v) is 25.3. The Morgan fingerprint density at radius 1 is 1.17 bits per heavy atom. The third kappa shape index (κ3) is 7.41. The molecule has 4 rings (SSSR count). The van der Waals surface area contributed by atoms with Crippen LogP contribution in [0.25, 0.3) is 11.3 Å². The van der Waals surface area contributed by atoms with Crippen LogP contribution in [0.4, 0.5) is 10.8 Å². The minimum absolute atomic E-state index is 0.0224. The summed E-state index contributed by atoms with van der Waals surface area (Å²) in [5.41, 5.74) is 1.37. The van der Waals surface area contributed by atoms with Gasteiger partial charge in [0.25, 0.3) is 11.6 Å². The van der Waals surface area contributed by atoms with Crippen molar-refractivity contribution in [3.8, 4) is 11.3 Å². The predicted molar refractivity (Wildman–Crippen MR) is 161 cm³/mol. The van der Waals surface area contributed by atoms with Gasteiger partial charge < -0.3 is 15.2 Å². The molecule has 1 atom stereocenters. The molecule has 0 radical (unpaired) electrons. The molecule has 0 fully saturated rings. The second-order valence-electron chi connectivity index (χ2n) is 9.09. The highest BCUT2D eigenvalue weighted by molar-refractivity contribution is 7.99. The Bertz CT molecular complexity index is 1590. The van der Waals surface area contributed by atoms with Crippen molar-refractivity contribution in [2.24, 2.45) is 5.92 Å². The summed E-state index contributed by atoms with van der Waals surface area (Å²) in [5, 5.41) is 28.7. The number of thioether (sulfide) groups is 1. The number of hydrogen-bond donors (Lipinski definition) is 2. The second-order valence-corrected chi connectivity index (χ2v) is 11.7. The molecule has 214 valence electrons. The molecule has 2 amide bonds. The normalized spacial score (nSPS) is 11.9. The van der Waals surface area contributed by atoms with E-state index < -0.39 is 11.0 Å². The lowest BCUT2D eigenvalue weighted by molar-refractivity contribution is -0.384. The average molecular weight is 635 g/mol. The van der Waals surface area contributed by atoms with Crippen molar-refractivity contribution in [3.63, 3.8) is 0 Å². The van der Waals surface area contributed by atoms with Crippen molar-refractivity contribution in [1.29, 1.82) is 0 Å². The van der Waals surface area contributed by atoms with Crippen LogP contribution in [-0.2, 0) is 11.3 Å². The summed E-state index contributed by atoms with van der Waals surface area (Å²) in [6, 6.07) is 10.4. The van der Waals surface area contributed by atoms with Gasteiger partial charge in [-0.05, 0) is 31.0 Å². The van der Waals surface area contributed by atoms with Gasteiger partial charge in [-0.1, -0.05) is 60.9 Å². The SMILES string of the molecule is CCn1c(SCC(=O)Nc2nc(-c3cccc([N+](=O)[O-])c3)cs2)nnc1C(NC(=O)c1ccc(Cl)cc1Cl)C(C)C. The highest BCUT2D eigenvalue weighted by Crippen LogP contribution is 2.29. The fourth-order valence-corrected chi connectivity index (χ4v) is 5.92. The Morgan fingerprint density at radius 2 is 1.95 bits per heavy atom. The summed E-state index contributed by atoms with van der Waals surface area (Å²) in [7, 11) is 0. The Labute approximate surface area is 253 Å². The van der Waals surface area contributed by atoms with Crippen LogP contribution in [0.5, 0.6) is 0 Å². The van der Waals surface area contributed by atoms with E-state index >= 15 is 0 Å². The lowest BCUT2D eigenvalue weighted by Gasteiger charge is -2.22. The first-order chi connectivity index (χ1) is 19.6. The summed E-state index contributed by atoms with van der Waals surface area (Å²) >= 11 is 14.6. The molecule has 0 aliphatic rings. The maximum atomic E-state index is 13.0. The number of rotatable bonds is 11. The standard InChI is InChI=1S/C26H25Cl2N7O4S2/c1-4-34-23(22(14(2)3)31-24(37)18-9-8-16(27)11-19(18)28)32-33-26(34)41-13-21(36)30-25-29-20(12-40-25)15-6-5-7-17(10-15)35(38)39/h5-12,14,22H,4,13H2,1-3H3,(H,31,37)(H,29,30,36). The minimum Gasteiger partial charge on any atom is -0.342 e. The van der Waals surface area contributed by atoms with Crippen molar-refractivity contribution in [3.05, 3.63) is 79.4 Å². The van der Waals surface area contributed by atoms with Crippen molar-refractivity contribution >= 4 is 68.9 Å². The molecule has 2 heterocycles. The largest absolute Gasteiger partial charge is 0.342 e. The second kappa shape index (κ2) is 13.4. The summed E-state index contributed by atoms with van der Waals surface area (Å²) in [5.74, 6) is -0.0786. The van der Waals surface area contributed by atoms with E-state index in [0.29, 0.717) is 44.5 Å². The molecule has 2 N–H and O–H groups in total. The molecule has 15 heteroatoms. The van der Waals surface area contributed by atoms with Crippen molar-refractivity contribution < 1.29 is 14.5 Å². The smallest absolute Gasteiger partial charge is 0.270 e. The molecule has 0 aliphatic heterocycles. The van der Waals surface area contributed by atoms with E-state index in [1.165, 1.54) is 41.3 Å². The van der Waals surface area contributed by atoms with Crippen LogP contribution in [0.2, 0.25) is 10.0 Å². The lowest BCUT2D eigenvalue weighted by Crippen LogP contribution is -2.34. The molecule has 2 aromatic heterocycles.